The topological polar surface area (TPSA) is 6.48 Å². The SMILES string of the molecule is CCN(CC)C(=S)[S-].CCN(CC)C(=S)[S-].[Zn+2].[Zn+2]. The Morgan fingerprint density at radius 2 is 0.889 bits per heavy atom. The first-order chi connectivity index (χ1) is 7.44. The molecule has 2 nitrogen and oxygen atoms in total. The number of rotatable bonds is 4. The van der Waals surface area contributed by atoms with Gasteiger partial charge in [0.2, 0.25) is 0 Å². The van der Waals surface area contributed by atoms with E-state index >= 15 is 0 Å². The van der Waals surface area contributed by atoms with Gasteiger partial charge in [-0.05, 0) is 27.7 Å². The second kappa shape index (κ2) is 18.5. The van der Waals surface area contributed by atoms with Gasteiger partial charge in [-0.15, -0.1) is 0 Å². The van der Waals surface area contributed by atoms with Crippen LogP contribution in [0, 0.1) is 0 Å². The van der Waals surface area contributed by atoms with Crippen LogP contribution in [0.2, 0.25) is 0 Å². The molecule has 0 rings (SSSR count). The predicted molar refractivity (Wildman–Crippen MR) is 85.8 cm³/mol. The summed E-state index contributed by atoms with van der Waals surface area (Å²) in [4.78, 5) is 3.93. The Morgan fingerprint density at radius 3 is 0.889 bits per heavy atom. The number of hydrogen-bond acceptors (Lipinski definition) is 4. The standard InChI is InChI=1S/2C5H11NS2.2Zn/c2*1-3-6(4-2)5(7)8;;/h2*3-4H2,1-2H3,(H,7,8);;/q;;2*+2/p-2. The predicted octanol–water partition coefficient (Wildman–Crippen LogP) is 2.32. The molecular weight excluding hydrogens is 407 g/mol. The van der Waals surface area contributed by atoms with Crippen molar-refractivity contribution in [3.8, 4) is 0 Å². The second-order valence-corrected chi connectivity index (χ2v) is 4.94. The maximum Gasteiger partial charge on any atom is 2.00 e. The first-order valence-corrected chi connectivity index (χ1v) is 6.99. The minimum Gasteiger partial charge on any atom is -0.411 e. The quantitative estimate of drug-likeness (QED) is 0.383. The summed E-state index contributed by atoms with van der Waals surface area (Å²) in [6.07, 6.45) is 0. The van der Waals surface area contributed by atoms with Crippen LogP contribution in [0.15, 0.2) is 0 Å². The van der Waals surface area contributed by atoms with Gasteiger partial charge >= 0.3 is 39.0 Å². The van der Waals surface area contributed by atoms with Crippen molar-refractivity contribution < 1.29 is 39.0 Å². The number of thiocarbonyl (C=S) groups is 2. The third kappa shape index (κ3) is 15.5. The summed E-state index contributed by atoms with van der Waals surface area (Å²) in [5, 5.41) is 0. The molecule has 18 heavy (non-hydrogen) atoms. The van der Waals surface area contributed by atoms with Crippen molar-refractivity contribution in [2.24, 2.45) is 0 Å². The molecule has 0 N–H and O–H groups in total. The van der Waals surface area contributed by atoms with Crippen molar-refractivity contribution in [2.75, 3.05) is 26.2 Å². The molecule has 0 aromatic carbocycles. The molecule has 0 spiro atoms. The van der Waals surface area contributed by atoms with Gasteiger partial charge in [-0.2, -0.15) is 0 Å². The zero-order chi connectivity index (χ0) is 13.1. The van der Waals surface area contributed by atoms with Gasteiger partial charge in [0.05, 0.1) is 0 Å². The van der Waals surface area contributed by atoms with E-state index in [-0.39, 0.29) is 39.0 Å². The van der Waals surface area contributed by atoms with Crippen LogP contribution in [0.3, 0.4) is 0 Å². The van der Waals surface area contributed by atoms with Crippen LogP contribution in [0.4, 0.5) is 0 Å². The van der Waals surface area contributed by atoms with Crippen LogP contribution in [0.25, 0.3) is 0 Å². The van der Waals surface area contributed by atoms with Crippen LogP contribution >= 0.6 is 24.4 Å². The smallest absolute Gasteiger partial charge is 0.411 e. The van der Waals surface area contributed by atoms with Gasteiger partial charge in [-0.3, -0.25) is 0 Å². The van der Waals surface area contributed by atoms with E-state index in [1.54, 1.807) is 0 Å². The summed E-state index contributed by atoms with van der Waals surface area (Å²) >= 11 is 19.0. The molecular formula is C10H20N2S4Zn2+2. The van der Waals surface area contributed by atoms with E-state index in [1.807, 2.05) is 37.5 Å². The molecule has 8 heteroatoms. The Morgan fingerprint density at radius 1 is 0.722 bits per heavy atom. The van der Waals surface area contributed by atoms with E-state index in [0.717, 1.165) is 26.2 Å². The number of nitrogens with zero attached hydrogens (tertiary/aromatic N) is 2. The van der Waals surface area contributed by atoms with E-state index in [0.29, 0.717) is 8.64 Å². The fourth-order valence-electron chi connectivity index (χ4n) is 0.964. The summed E-state index contributed by atoms with van der Waals surface area (Å²) in [6.45, 7) is 11.9. The van der Waals surface area contributed by atoms with Gasteiger partial charge in [0.15, 0.2) is 0 Å². The molecule has 0 aliphatic rings. The minimum absolute atomic E-state index is 0. The Hall–Kier alpha value is 1.47. The third-order valence-electron chi connectivity index (χ3n) is 2.04. The van der Waals surface area contributed by atoms with E-state index in [1.165, 1.54) is 0 Å². The summed E-state index contributed by atoms with van der Waals surface area (Å²) in [5.74, 6) is 0. The minimum atomic E-state index is 0. The molecule has 0 atom stereocenters. The summed E-state index contributed by atoms with van der Waals surface area (Å²) in [7, 11) is 0. The van der Waals surface area contributed by atoms with Crippen LogP contribution < -0.4 is 0 Å². The van der Waals surface area contributed by atoms with Crippen molar-refractivity contribution >= 4 is 58.3 Å². The van der Waals surface area contributed by atoms with Crippen LogP contribution in [0.1, 0.15) is 27.7 Å². The fraction of sp³-hybridized carbons (Fsp3) is 0.800. The van der Waals surface area contributed by atoms with E-state index in [4.69, 9.17) is 49.7 Å². The molecule has 96 valence electrons. The van der Waals surface area contributed by atoms with Gasteiger partial charge in [0, 0.05) is 26.2 Å². The maximum absolute atomic E-state index is 4.76. The van der Waals surface area contributed by atoms with Gasteiger partial charge in [0.1, 0.15) is 0 Å². The zero-order valence-corrected chi connectivity index (χ0v) is 21.0. The molecule has 0 unspecified atom stereocenters. The molecule has 0 saturated carbocycles. The molecule has 0 fully saturated rings. The summed E-state index contributed by atoms with van der Waals surface area (Å²) in [5.41, 5.74) is 0. The molecule has 0 bridgehead atoms. The second-order valence-electron chi connectivity index (χ2n) is 2.88. The molecule has 0 saturated heterocycles. The van der Waals surface area contributed by atoms with Crippen LogP contribution in [0.5, 0.6) is 0 Å². The van der Waals surface area contributed by atoms with Crippen LogP contribution in [-0.2, 0) is 64.2 Å². The Kier molecular flexibility index (Phi) is 28.5. The molecule has 0 radical (unpaired) electrons. The van der Waals surface area contributed by atoms with E-state index in [9.17, 15) is 0 Å². The van der Waals surface area contributed by atoms with Crippen molar-refractivity contribution in [3.63, 3.8) is 0 Å². The Bertz CT molecular complexity index is 188. The Labute approximate surface area is 159 Å². The maximum atomic E-state index is 4.76. The van der Waals surface area contributed by atoms with Crippen molar-refractivity contribution in [1.29, 1.82) is 0 Å². The molecule has 0 heterocycles. The summed E-state index contributed by atoms with van der Waals surface area (Å²) < 4.78 is 1.16. The average molecular weight is 427 g/mol. The van der Waals surface area contributed by atoms with Crippen LogP contribution in [-0.4, -0.2) is 44.6 Å². The van der Waals surface area contributed by atoms with Gasteiger partial charge in [-0.1, -0.05) is 8.64 Å². The Balaban J connectivity index is -0.0000000980. The fourth-order valence-corrected chi connectivity index (χ4v) is 2.00. The van der Waals surface area contributed by atoms with Crippen molar-refractivity contribution in [3.05, 3.63) is 0 Å². The van der Waals surface area contributed by atoms with Gasteiger partial charge in [-0.25, -0.2) is 0 Å². The molecule has 0 aliphatic heterocycles. The van der Waals surface area contributed by atoms with Crippen molar-refractivity contribution in [1.82, 2.24) is 9.80 Å². The molecule has 0 aromatic rings. The van der Waals surface area contributed by atoms with Gasteiger partial charge in [0.25, 0.3) is 0 Å². The van der Waals surface area contributed by atoms with Crippen molar-refractivity contribution in [2.45, 2.75) is 27.7 Å². The molecule has 0 aromatic heterocycles. The molecule has 0 amide bonds. The zero-order valence-electron chi connectivity index (χ0n) is 11.8. The first-order valence-electron chi connectivity index (χ1n) is 5.36. The van der Waals surface area contributed by atoms with Gasteiger partial charge < -0.3 is 59.5 Å². The monoisotopic (exact) mass is 424 g/mol. The van der Waals surface area contributed by atoms with E-state index < -0.39 is 0 Å². The third-order valence-corrected chi connectivity index (χ3v) is 3.08. The normalized spacial score (nSPS) is 7.78. The number of hydrogen-bond donors (Lipinski definition) is 0. The first kappa shape index (κ1) is 27.8. The average Bonchev–Trinajstić information content (AvgIpc) is 2.21. The van der Waals surface area contributed by atoms with E-state index in [2.05, 4.69) is 0 Å². The molecule has 0 aliphatic carbocycles. The largest absolute Gasteiger partial charge is 2.00 e. The summed E-state index contributed by atoms with van der Waals surface area (Å²) in [6, 6.07) is 0.